The lowest BCUT2D eigenvalue weighted by molar-refractivity contribution is -0.384. The third kappa shape index (κ3) is 4.66. The van der Waals surface area contributed by atoms with Crippen molar-refractivity contribution < 1.29 is 14.5 Å². The average molecular weight is 375 g/mol. The fraction of sp³-hybridized carbons (Fsp3) is 0.556. The number of nitro groups is 1. The van der Waals surface area contributed by atoms with Crippen molar-refractivity contribution in [2.24, 2.45) is 0 Å². The van der Waals surface area contributed by atoms with Crippen molar-refractivity contribution in [2.45, 2.75) is 51.7 Å². The third-order valence-electron chi connectivity index (χ3n) is 4.44. The predicted octanol–water partition coefficient (Wildman–Crippen LogP) is 3.35. The van der Waals surface area contributed by atoms with Crippen molar-refractivity contribution in [1.82, 2.24) is 15.3 Å². The van der Waals surface area contributed by atoms with E-state index in [1.165, 1.54) is 12.1 Å². The number of carbonyl (C=O) groups is 1. The Morgan fingerprint density at radius 2 is 2.22 bits per heavy atom. The van der Waals surface area contributed by atoms with Crippen LogP contribution >= 0.6 is 0 Å². The molecule has 3 rings (SSSR count). The summed E-state index contributed by atoms with van der Waals surface area (Å²) >= 11 is 0. The number of rotatable bonds is 4. The van der Waals surface area contributed by atoms with E-state index in [4.69, 9.17) is 4.74 Å². The van der Waals surface area contributed by atoms with Gasteiger partial charge in [-0.05, 0) is 46.1 Å². The molecule has 1 aliphatic rings. The molecule has 0 bridgehead atoms. The van der Waals surface area contributed by atoms with Crippen molar-refractivity contribution in [2.75, 3.05) is 18.0 Å². The molecule has 0 unspecified atom stereocenters. The smallest absolute Gasteiger partial charge is 0.407 e. The number of nitrogens with zero attached hydrogens (tertiary/aromatic N) is 3. The van der Waals surface area contributed by atoms with Crippen LogP contribution in [0.1, 0.15) is 40.0 Å². The number of imidazole rings is 1. The van der Waals surface area contributed by atoms with Gasteiger partial charge in [0.2, 0.25) is 5.95 Å². The van der Waals surface area contributed by atoms with Gasteiger partial charge in [0.05, 0.1) is 16.0 Å². The average Bonchev–Trinajstić information content (AvgIpc) is 3.01. The number of anilines is 1. The second-order valence-corrected chi connectivity index (χ2v) is 7.74. The number of carbonyl (C=O) groups excluding carboxylic acids is 1. The molecule has 9 nitrogen and oxygen atoms in total. The molecular weight excluding hydrogens is 350 g/mol. The molecule has 1 saturated heterocycles. The van der Waals surface area contributed by atoms with E-state index in [0.717, 1.165) is 25.8 Å². The van der Waals surface area contributed by atoms with Crippen LogP contribution in [0.25, 0.3) is 11.0 Å². The molecule has 27 heavy (non-hydrogen) atoms. The maximum absolute atomic E-state index is 11.9. The number of hydrogen-bond donors (Lipinski definition) is 2. The normalized spacial score (nSPS) is 17.7. The number of amides is 1. The van der Waals surface area contributed by atoms with Crippen LogP contribution in [0, 0.1) is 10.1 Å². The second kappa shape index (κ2) is 7.42. The van der Waals surface area contributed by atoms with Crippen molar-refractivity contribution >= 4 is 28.8 Å². The van der Waals surface area contributed by atoms with Gasteiger partial charge in [0.1, 0.15) is 5.60 Å². The van der Waals surface area contributed by atoms with Crippen LogP contribution in [-0.4, -0.2) is 45.7 Å². The molecule has 1 amide bonds. The van der Waals surface area contributed by atoms with E-state index in [2.05, 4.69) is 20.2 Å². The van der Waals surface area contributed by atoms with E-state index in [1.807, 2.05) is 20.8 Å². The van der Waals surface area contributed by atoms with Crippen LogP contribution in [0.3, 0.4) is 0 Å². The van der Waals surface area contributed by atoms with Crippen LogP contribution in [-0.2, 0) is 4.74 Å². The van der Waals surface area contributed by atoms with E-state index >= 15 is 0 Å². The van der Waals surface area contributed by atoms with Gasteiger partial charge in [0, 0.05) is 31.3 Å². The summed E-state index contributed by atoms with van der Waals surface area (Å²) in [6.45, 7) is 6.74. The van der Waals surface area contributed by atoms with Crippen molar-refractivity contribution in [1.29, 1.82) is 0 Å². The van der Waals surface area contributed by atoms with Gasteiger partial charge < -0.3 is 19.9 Å². The number of hydrogen-bond acceptors (Lipinski definition) is 6. The number of H-pyrrole nitrogens is 1. The number of piperidine rings is 1. The lowest BCUT2D eigenvalue weighted by atomic mass is 10.0. The minimum atomic E-state index is -0.538. The van der Waals surface area contributed by atoms with Gasteiger partial charge in [-0.15, -0.1) is 0 Å². The van der Waals surface area contributed by atoms with Gasteiger partial charge in [0.15, 0.2) is 0 Å². The largest absolute Gasteiger partial charge is 0.444 e. The van der Waals surface area contributed by atoms with E-state index in [1.54, 1.807) is 6.07 Å². The van der Waals surface area contributed by atoms with E-state index in [9.17, 15) is 14.9 Å². The lowest BCUT2D eigenvalue weighted by Crippen LogP contribution is -2.48. The number of fused-ring (bicyclic) bond motifs is 1. The summed E-state index contributed by atoms with van der Waals surface area (Å²) in [4.78, 5) is 32.4. The zero-order valence-electron chi connectivity index (χ0n) is 15.8. The van der Waals surface area contributed by atoms with Crippen LogP contribution < -0.4 is 10.2 Å². The Balaban J connectivity index is 1.74. The van der Waals surface area contributed by atoms with Crippen molar-refractivity contribution in [3.05, 3.63) is 28.3 Å². The molecule has 2 N–H and O–H groups in total. The maximum atomic E-state index is 11.9. The first-order chi connectivity index (χ1) is 12.7. The molecule has 146 valence electrons. The van der Waals surface area contributed by atoms with Crippen LogP contribution in [0.4, 0.5) is 16.4 Å². The molecule has 9 heteroatoms. The van der Waals surface area contributed by atoms with Gasteiger partial charge in [-0.25, -0.2) is 9.78 Å². The second-order valence-electron chi connectivity index (χ2n) is 7.74. The Hall–Kier alpha value is -2.84. The molecule has 0 radical (unpaired) electrons. The summed E-state index contributed by atoms with van der Waals surface area (Å²) < 4.78 is 5.30. The molecule has 1 aromatic heterocycles. The number of nitro benzene ring substituents is 1. The molecule has 1 aromatic carbocycles. The van der Waals surface area contributed by atoms with Gasteiger partial charge >= 0.3 is 6.09 Å². The fourth-order valence-electron chi connectivity index (χ4n) is 3.24. The number of aromatic nitrogens is 2. The number of benzene rings is 1. The number of ether oxygens (including phenoxy) is 1. The van der Waals surface area contributed by atoms with Crippen molar-refractivity contribution in [3.8, 4) is 0 Å². The van der Waals surface area contributed by atoms with Crippen molar-refractivity contribution in [3.63, 3.8) is 0 Å². The van der Waals surface area contributed by atoms with Crippen LogP contribution in [0.2, 0.25) is 0 Å². The first-order valence-electron chi connectivity index (χ1n) is 9.10. The zero-order valence-corrected chi connectivity index (χ0v) is 15.8. The maximum Gasteiger partial charge on any atom is 0.407 e. The van der Waals surface area contributed by atoms with Crippen LogP contribution in [0.5, 0.6) is 0 Å². The Morgan fingerprint density at radius 1 is 1.44 bits per heavy atom. The van der Waals surface area contributed by atoms with Gasteiger partial charge in [-0.2, -0.15) is 0 Å². The zero-order chi connectivity index (χ0) is 19.6. The Kier molecular flexibility index (Phi) is 5.20. The molecule has 0 saturated carbocycles. The fourth-order valence-corrected chi connectivity index (χ4v) is 3.24. The SMILES string of the molecule is CC(C)(C)OC(=O)NC[C@@H]1CCCCN1c1nc2ccc([N+](=O)[O-])cc2[nH]1. The third-order valence-corrected chi connectivity index (χ3v) is 4.44. The Labute approximate surface area is 157 Å². The highest BCUT2D eigenvalue weighted by Gasteiger charge is 2.26. The number of nitrogens with one attached hydrogen (secondary N) is 2. The van der Waals surface area contributed by atoms with E-state index in [0.29, 0.717) is 23.5 Å². The lowest BCUT2D eigenvalue weighted by Gasteiger charge is -2.35. The highest BCUT2D eigenvalue weighted by molar-refractivity contribution is 5.80. The number of alkyl carbamates (subject to hydrolysis) is 1. The molecular formula is C18H25N5O4. The minimum absolute atomic E-state index is 0.0273. The van der Waals surface area contributed by atoms with Gasteiger partial charge in [-0.1, -0.05) is 0 Å². The molecule has 0 aliphatic carbocycles. The van der Waals surface area contributed by atoms with E-state index in [-0.39, 0.29) is 11.7 Å². The predicted molar refractivity (Wildman–Crippen MR) is 102 cm³/mol. The Bertz CT molecular complexity index is 842. The summed E-state index contributed by atoms with van der Waals surface area (Å²) in [7, 11) is 0. The standard InChI is InChI=1S/C18H25N5O4/c1-18(2,3)27-17(24)19-11-13-6-4-5-9-22(13)16-20-14-8-7-12(23(25)26)10-15(14)21-16/h7-8,10,13H,4-6,9,11H2,1-3H3,(H,19,24)(H,20,21)/t13-/m0/s1. The molecule has 1 fully saturated rings. The monoisotopic (exact) mass is 375 g/mol. The highest BCUT2D eigenvalue weighted by atomic mass is 16.6. The van der Waals surface area contributed by atoms with Gasteiger partial charge in [-0.3, -0.25) is 10.1 Å². The quantitative estimate of drug-likeness (QED) is 0.626. The highest BCUT2D eigenvalue weighted by Crippen LogP contribution is 2.26. The van der Waals surface area contributed by atoms with Crippen LogP contribution in [0.15, 0.2) is 18.2 Å². The Morgan fingerprint density at radius 3 is 2.93 bits per heavy atom. The topological polar surface area (TPSA) is 113 Å². The summed E-state index contributed by atoms with van der Waals surface area (Å²) in [5.74, 6) is 0.668. The number of aromatic amines is 1. The number of non-ortho nitro benzene ring substituents is 1. The molecule has 1 atom stereocenters. The summed E-state index contributed by atoms with van der Waals surface area (Å²) in [5.41, 5.74) is 0.798. The minimum Gasteiger partial charge on any atom is -0.444 e. The van der Waals surface area contributed by atoms with E-state index < -0.39 is 16.6 Å². The first-order valence-corrected chi connectivity index (χ1v) is 9.10. The van der Waals surface area contributed by atoms with Gasteiger partial charge in [0.25, 0.3) is 5.69 Å². The summed E-state index contributed by atoms with van der Waals surface area (Å²) in [6.07, 6.45) is 2.59. The molecule has 1 aliphatic heterocycles. The first kappa shape index (κ1) is 18.9. The summed E-state index contributed by atoms with van der Waals surface area (Å²) in [6, 6.07) is 4.67. The molecule has 2 aromatic rings. The summed E-state index contributed by atoms with van der Waals surface area (Å²) in [5, 5.41) is 13.8. The molecule has 2 heterocycles. The molecule has 0 spiro atoms.